The van der Waals surface area contributed by atoms with Gasteiger partial charge < -0.3 is 16.9 Å². The number of nitrogens with one attached hydrogen (secondary N) is 1. The molecule has 0 fully saturated rings. The standard InChI is InChI=1S/C7H9N.CH5N.CH3N.2H2/c1-6-3-2-4-7(8)5-6;2*1-2;;/h2-5H,8H2,1H3;2H2,1H3;2H,1H2;2*1H. The summed E-state index contributed by atoms with van der Waals surface area (Å²) >= 11 is 0. The van der Waals surface area contributed by atoms with Crippen LogP contribution in [0.1, 0.15) is 8.42 Å². The molecule has 0 heterocycles. The van der Waals surface area contributed by atoms with E-state index in [1.165, 1.54) is 12.6 Å². The summed E-state index contributed by atoms with van der Waals surface area (Å²) in [5.41, 5.74) is 12.0. The molecule has 0 saturated heterocycles. The molecule has 3 nitrogen and oxygen atoms in total. The minimum Gasteiger partial charge on any atom is -0.399 e. The molecular weight excluding hydrogens is 150 g/mol. The molecule has 0 amide bonds. The molecular formula is C9H21N3. The van der Waals surface area contributed by atoms with Crippen molar-refractivity contribution in [3.63, 3.8) is 0 Å². The number of hydrogen-bond acceptors (Lipinski definition) is 3. The minimum absolute atomic E-state index is 0. The van der Waals surface area contributed by atoms with Crippen molar-refractivity contribution in [2.24, 2.45) is 5.73 Å². The molecule has 0 radical (unpaired) electrons. The van der Waals surface area contributed by atoms with Crippen molar-refractivity contribution in [2.75, 3.05) is 12.8 Å². The van der Waals surface area contributed by atoms with Crippen LogP contribution >= 0.6 is 0 Å². The second-order valence-corrected chi connectivity index (χ2v) is 1.91. The summed E-state index contributed by atoms with van der Waals surface area (Å²) in [5.74, 6) is 0. The summed E-state index contributed by atoms with van der Waals surface area (Å²) in [6, 6.07) is 7.80. The highest BCUT2D eigenvalue weighted by Crippen LogP contribution is 2.03. The fraction of sp³-hybridized carbons (Fsp3) is 0.222. The summed E-state index contributed by atoms with van der Waals surface area (Å²) in [6.07, 6.45) is 0. The molecule has 0 aliphatic carbocycles. The number of rotatable bonds is 0. The van der Waals surface area contributed by atoms with Gasteiger partial charge in [0, 0.05) is 8.54 Å². The van der Waals surface area contributed by atoms with Crippen LogP contribution in [-0.4, -0.2) is 13.8 Å². The van der Waals surface area contributed by atoms with E-state index in [1.807, 2.05) is 31.2 Å². The van der Waals surface area contributed by atoms with E-state index in [2.05, 4.69) is 12.5 Å². The molecule has 1 aromatic carbocycles. The van der Waals surface area contributed by atoms with Crippen molar-refractivity contribution in [3.8, 4) is 0 Å². The van der Waals surface area contributed by atoms with Gasteiger partial charge in [-0.15, -0.1) is 0 Å². The predicted molar refractivity (Wildman–Crippen MR) is 59.8 cm³/mol. The lowest BCUT2D eigenvalue weighted by Crippen LogP contribution is -1.82. The van der Waals surface area contributed by atoms with Crippen LogP contribution in [0.15, 0.2) is 24.3 Å². The van der Waals surface area contributed by atoms with Crippen molar-refractivity contribution in [3.05, 3.63) is 29.8 Å². The Kier molecular flexibility index (Phi) is 10.7. The molecule has 1 aromatic rings. The first kappa shape index (κ1) is 13.3. The van der Waals surface area contributed by atoms with Gasteiger partial charge in [-0.05, 0) is 38.4 Å². The van der Waals surface area contributed by atoms with Gasteiger partial charge in [0.15, 0.2) is 0 Å². The van der Waals surface area contributed by atoms with Crippen LogP contribution in [0.4, 0.5) is 5.69 Å². The Morgan fingerprint density at radius 2 is 1.83 bits per heavy atom. The third-order valence-corrected chi connectivity index (χ3v) is 1.04. The van der Waals surface area contributed by atoms with Crippen LogP contribution in [0.3, 0.4) is 0 Å². The van der Waals surface area contributed by atoms with E-state index in [-0.39, 0.29) is 2.85 Å². The lowest BCUT2D eigenvalue weighted by molar-refractivity contribution is 1.47. The number of hydrogen-bond donors (Lipinski definition) is 3. The van der Waals surface area contributed by atoms with Crippen LogP contribution in [0.5, 0.6) is 0 Å². The average Bonchev–Trinajstić information content (AvgIpc) is 2.11. The van der Waals surface area contributed by atoms with Crippen molar-refractivity contribution >= 4 is 12.4 Å². The SMILES string of the molecule is C=N.CN.Cc1cccc(N)c1.[HH].[HH]. The van der Waals surface area contributed by atoms with E-state index < -0.39 is 0 Å². The van der Waals surface area contributed by atoms with Crippen LogP contribution in [0, 0.1) is 12.3 Å². The molecule has 3 heteroatoms. The fourth-order valence-electron chi connectivity index (χ4n) is 0.670. The molecule has 0 unspecified atom stereocenters. The number of nitrogens with two attached hydrogens (primary N) is 2. The number of aryl methyl sites for hydroxylation is 1. The second-order valence-electron chi connectivity index (χ2n) is 1.91. The zero-order valence-electron chi connectivity index (χ0n) is 7.67. The molecule has 1 rings (SSSR count). The number of nitrogen functional groups attached to an aromatic ring is 1. The van der Waals surface area contributed by atoms with Crippen molar-refractivity contribution in [1.29, 1.82) is 5.41 Å². The van der Waals surface area contributed by atoms with Crippen molar-refractivity contribution in [1.82, 2.24) is 0 Å². The van der Waals surface area contributed by atoms with Crippen molar-refractivity contribution in [2.45, 2.75) is 6.92 Å². The molecule has 5 N–H and O–H groups in total. The number of anilines is 1. The Balaban J connectivity index is -0.0000000750. The first-order valence-corrected chi connectivity index (χ1v) is 3.54. The van der Waals surface area contributed by atoms with E-state index in [0.29, 0.717) is 0 Å². The molecule has 0 spiro atoms. The molecule has 12 heavy (non-hydrogen) atoms. The lowest BCUT2D eigenvalue weighted by Gasteiger charge is -1.91. The summed E-state index contributed by atoms with van der Waals surface area (Å²) in [6.45, 7) is 4.52. The molecule has 72 valence electrons. The first-order chi connectivity index (χ1) is 5.79. The highest BCUT2D eigenvalue weighted by Gasteiger charge is 1.81. The van der Waals surface area contributed by atoms with Gasteiger partial charge in [0.1, 0.15) is 0 Å². The van der Waals surface area contributed by atoms with Crippen molar-refractivity contribution < 1.29 is 2.85 Å². The summed E-state index contributed by atoms with van der Waals surface area (Å²) in [4.78, 5) is 0. The third-order valence-electron chi connectivity index (χ3n) is 1.04. The van der Waals surface area contributed by atoms with E-state index in [9.17, 15) is 0 Å². The monoisotopic (exact) mass is 171 g/mol. The molecule has 0 aliphatic heterocycles. The normalized spacial score (nSPS) is 6.92. The van der Waals surface area contributed by atoms with Gasteiger partial charge in [-0.1, -0.05) is 12.1 Å². The largest absolute Gasteiger partial charge is 0.399 e. The van der Waals surface area contributed by atoms with Gasteiger partial charge >= 0.3 is 0 Å². The quantitative estimate of drug-likeness (QED) is 0.412. The Labute approximate surface area is 76.9 Å². The average molecular weight is 171 g/mol. The maximum atomic E-state index is 5.50. The minimum atomic E-state index is 0. The second kappa shape index (κ2) is 9.65. The Morgan fingerprint density at radius 3 is 2.08 bits per heavy atom. The van der Waals surface area contributed by atoms with E-state index in [4.69, 9.17) is 11.1 Å². The van der Waals surface area contributed by atoms with Crippen LogP contribution in [0.25, 0.3) is 0 Å². The number of benzene rings is 1. The van der Waals surface area contributed by atoms with Crippen LogP contribution in [0.2, 0.25) is 0 Å². The lowest BCUT2D eigenvalue weighted by atomic mass is 10.2. The van der Waals surface area contributed by atoms with Gasteiger partial charge in [-0.25, -0.2) is 0 Å². The predicted octanol–water partition coefficient (Wildman–Crippen LogP) is 1.91. The van der Waals surface area contributed by atoms with Crippen LogP contribution < -0.4 is 11.5 Å². The zero-order chi connectivity index (χ0) is 9.98. The first-order valence-electron chi connectivity index (χ1n) is 3.54. The molecule has 0 saturated carbocycles. The van der Waals surface area contributed by atoms with E-state index in [0.717, 1.165) is 5.69 Å². The molecule has 0 aromatic heterocycles. The molecule has 0 atom stereocenters. The van der Waals surface area contributed by atoms with Gasteiger partial charge in [0.25, 0.3) is 0 Å². The Hall–Kier alpha value is -1.35. The van der Waals surface area contributed by atoms with Gasteiger partial charge in [-0.3, -0.25) is 0 Å². The highest BCUT2D eigenvalue weighted by atomic mass is 14.5. The van der Waals surface area contributed by atoms with Gasteiger partial charge in [0.2, 0.25) is 0 Å². The Bertz CT molecular complexity index is 190. The smallest absolute Gasteiger partial charge is 0.0316 e. The van der Waals surface area contributed by atoms with Gasteiger partial charge in [-0.2, -0.15) is 0 Å². The topological polar surface area (TPSA) is 75.9 Å². The highest BCUT2D eigenvalue weighted by molar-refractivity contribution is 5.39. The summed E-state index contributed by atoms with van der Waals surface area (Å²) in [5, 5.41) is 5.50. The summed E-state index contributed by atoms with van der Waals surface area (Å²) in [7, 11) is 1.50. The van der Waals surface area contributed by atoms with E-state index in [1.54, 1.807) is 0 Å². The Morgan fingerprint density at radius 1 is 1.33 bits per heavy atom. The van der Waals surface area contributed by atoms with Gasteiger partial charge in [0.05, 0.1) is 0 Å². The van der Waals surface area contributed by atoms with E-state index >= 15 is 0 Å². The molecule has 0 bridgehead atoms. The van der Waals surface area contributed by atoms with Crippen LogP contribution in [-0.2, 0) is 0 Å². The zero-order valence-corrected chi connectivity index (χ0v) is 7.67. The maximum Gasteiger partial charge on any atom is 0.0316 e. The fourth-order valence-corrected chi connectivity index (χ4v) is 0.670. The maximum absolute atomic E-state index is 5.50. The third kappa shape index (κ3) is 6.77. The molecule has 0 aliphatic rings. The summed E-state index contributed by atoms with van der Waals surface area (Å²) < 4.78 is 0.